The van der Waals surface area contributed by atoms with E-state index in [-0.39, 0.29) is 6.04 Å². The monoisotopic (exact) mass is 268 g/mol. The van der Waals surface area contributed by atoms with Gasteiger partial charge in [0.25, 0.3) is 0 Å². The highest BCUT2D eigenvalue weighted by Gasteiger charge is 2.24. The van der Waals surface area contributed by atoms with Crippen LogP contribution in [-0.4, -0.2) is 4.98 Å². The summed E-state index contributed by atoms with van der Waals surface area (Å²) in [5, 5.41) is 3.36. The van der Waals surface area contributed by atoms with Crippen molar-refractivity contribution in [2.24, 2.45) is 0 Å². The minimum atomic E-state index is -0.457. The number of nitrogens with one attached hydrogen (secondary N) is 1. The molecule has 0 radical (unpaired) electrons. The summed E-state index contributed by atoms with van der Waals surface area (Å²) in [6.45, 7) is 0. The number of hydrogen-bond acceptors (Lipinski definition) is 3. The summed E-state index contributed by atoms with van der Waals surface area (Å²) in [5.41, 5.74) is 2.11. The second-order valence-electron chi connectivity index (χ2n) is 4.03. The Balaban J connectivity index is 1.81. The van der Waals surface area contributed by atoms with Gasteiger partial charge in [-0.05, 0) is 36.6 Å². The van der Waals surface area contributed by atoms with E-state index in [4.69, 9.17) is 11.6 Å². The summed E-state index contributed by atoms with van der Waals surface area (Å²) in [6.07, 6.45) is 3.62. The molecule has 0 aliphatic heterocycles. The van der Waals surface area contributed by atoms with Gasteiger partial charge in [0.1, 0.15) is 0 Å². The molecule has 5 heteroatoms. The zero-order valence-electron chi connectivity index (χ0n) is 8.91. The molecular formula is C12H10ClFN2S. The van der Waals surface area contributed by atoms with E-state index in [9.17, 15) is 4.39 Å². The van der Waals surface area contributed by atoms with Crippen LogP contribution in [0.2, 0.25) is 4.34 Å². The highest BCUT2D eigenvalue weighted by atomic mass is 35.5. The van der Waals surface area contributed by atoms with Gasteiger partial charge in [0.2, 0.25) is 5.95 Å². The Morgan fingerprint density at radius 2 is 2.35 bits per heavy atom. The third-order valence-electron chi connectivity index (χ3n) is 2.92. The number of halogens is 2. The van der Waals surface area contributed by atoms with E-state index in [0.29, 0.717) is 0 Å². The molecule has 1 N–H and O–H groups in total. The molecule has 1 aliphatic carbocycles. The Bertz CT molecular complexity index is 538. The smallest absolute Gasteiger partial charge is 0.212 e. The summed E-state index contributed by atoms with van der Waals surface area (Å²) >= 11 is 7.64. The summed E-state index contributed by atoms with van der Waals surface area (Å²) in [6, 6.07) is 5.34. The molecule has 2 nitrogen and oxygen atoms in total. The van der Waals surface area contributed by atoms with Gasteiger partial charge in [0.05, 0.1) is 22.3 Å². The molecule has 2 heterocycles. The molecule has 0 saturated heterocycles. The van der Waals surface area contributed by atoms with Gasteiger partial charge in [-0.25, -0.2) is 4.98 Å². The van der Waals surface area contributed by atoms with E-state index >= 15 is 0 Å². The molecule has 1 aliphatic rings. The number of nitrogens with zero attached hydrogens (tertiary/aromatic N) is 1. The van der Waals surface area contributed by atoms with E-state index in [0.717, 1.165) is 22.9 Å². The largest absolute Gasteiger partial charge is 0.377 e. The number of thiophene rings is 1. The second-order valence-corrected chi connectivity index (χ2v) is 5.80. The SMILES string of the molecule is Fc1ccc(NC2CCc3sc(Cl)cc32)cn1. The van der Waals surface area contributed by atoms with Crippen LogP contribution in [0.15, 0.2) is 24.4 Å². The molecule has 2 aromatic rings. The number of pyridine rings is 1. The van der Waals surface area contributed by atoms with Gasteiger partial charge in [0.15, 0.2) is 0 Å². The molecule has 88 valence electrons. The fourth-order valence-corrected chi connectivity index (χ4v) is 3.50. The van der Waals surface area contributed by atoms with Crippen LogP contribution in [0.1, 0.15) is 22.9 Å². The highest BCUT2D eigenvalue weighted by molar-refractivity contribution is 7.16. The Kier molecular flexibility index (Phi) is 2.76. The lowest BCUT2D eigenvalue weighted by Gasteiger charge is -2.13. The predicted octanol–water partition coefficient (Wildman–Crippen LogP) is 4.04. The highest BCUT2D eigenvalue weighted by Crippen LogP contribution is 2.40. The van der Waals surface area contributed by atoms with E-state index in [1.54, 1.807) is 17.4 Å². The van der Waals surface area contributed by atoms with Crippen molar-refractivity contribution in [1.29, 1.82) is 0 Å². The maximum Gasteiger partial charge on any atom is 0.212 e. The van der Waals surface area contributed by atoms with Crippen LogP contribution in [0.5, 0.6) is 0 Å². The topological polar surface area (TPSA) is 24.9 Å². The third kappa shape index (κ3) is 2.15. The summed E-state index contributed by atoms with van der Waals surface area (Å²) in [4.78, 5) is 4.98. The van der Waals surface area contributed by atoms with Gasteiger partial charge in [0, 0.05) is 4.88 Å². The molecule has 0 amide bonds. The fraction of sp³-hybridized carbons (Fsp3) is 0.250. The molecule has 1 atom stereocenters. The van der Waals surface area contributed by atoms with Crippen molar-refractivity contribution in [3.8, 4) is 0 Å². The zero-order valence-corrected chi connectivity index (χ0v) is 10.5. The van der Waals surface area contributed by atoms with Crippen molar-refractivity contribution >= 4 is 28.6 Å². The Hall–Kier alpha value is -1.13. The molecule has 1 unspecified atom stereocenters. The maximum atomic E-state index is 12.7. The van der Waals surface area contributed by atoms with E-state index in [2.05, 4.69) is 10.3 Å². The number of fused-ring (bicyclic) bond motifs is 1. The fourth-order valence-electron chi connectivity index (χ4n) is 2.14. The van der Waals surface area contributed by atoms with Gasteiger partial charge in [-0.1, -0.05) is 11.6 Å². The minimum absolute atomic E-state index is 0.265. The molecule has 2 aromatic heterocycles. The number of aromatic nitrogens is 1. The van der Waals surface area contributed by atoms with Gasteiger partial charge in [-0.15, -0.1) is 11.3 Å². The van der Waals surface area contributed by atoms with E-state index in [1.165, 1.54) is 22.7 Å². The summed E-state index contributed by atoms with van der Waals surface area (Å²) in [7, 11) is 0. The average molecular weight is 269 g/mol. The first-order valence-electron chi connectivity index (χ1n) is 5.38. The lowest BCUT2D eigenvalue weighted by molar-refractivity contribution is 0.583. The number of rotatable bonds is 2. The maximum absolute atomic E-state index is 12.7. The standard InChI is InChI=1S/C12H10ClFN2S/c13-11-5-8-9(2-3-10(8)17-11)16-7-1-4-12(14)15-6-7/h1,4-6,9,16H,2-3H2. The molecule has 0 spiro atoms. The predicted molar refractivity (Wildman–Crippen MR) is 68.2 cm³/mol. The molecule has 0 fully saturated rings. The van der Waals surface area contributed by atoms with Gasteiger partial charge >= 0.3 is 0 Å². The van der Waals surface area contributed by atoms with Crippen molar-refractivity contribution in [3.05, 3.63) is 45.1 Å². The molecular weight excluding hydrogens is 259 g/mol. The molecule has 0 bridgehead atoms. The average Bonchev–Trinajstić information content (AvgIpc) is 2.83. The minimum Gasteiger partial charge on any atom is -0.377 e. The second kappa shape index (κ2) is 4.27. The molecule has 0 aromatic carbocycles. The van der Waals surface area contributed by atoms with Crippen molar-refractivity contribution < 1.29 is 4.39 Å². The lowest BCUT2D eigenvalue weighted by Crippen LogP contribution is -2.06. The molecule has 3 rings (SSSR count). The first-order valence-corrected chi connectivity index (χ1v) is 6.58. The summed E-state index contributed by atoms with van der Waals surface area (Å²) < 4.78 is 13.5. The van der Waals surface area contributed by atoms with Crippen LogP contribution in [0, 0.1) is 5.95 Å². The van der Waals surface area contributed by atoms with Crippen LogP contribution < -0.4 is 5.32 Å². The third-order valence-corrected chi connectivity index (χ3v) is 4.26. The summed E-state index contributed by atoms with van der Waals surface area (Å²) in [5.74, 6) is -0.457. The molecule has 0 saturated carbocycles. The van der Waals surface area contributed by atoms with E-state index < -0.39 is 5.95 Å². The van der Waals surface area contributed by atoms with Gasteiger partial charge in [-0.2, -0.15) is 4.39 Å². The quantitative estimate of drug-likeness (QED) is 0.832. The number of aryl methyl sites for hydroxylation is 1. The number of anilines is 1. The first kappa shape index (κ1) is 11.0. The van der Waals surface area contributed by atoms with Crippen LogP contribution in [0.25, 0.3) is 0 Å². The van der Waals surface area contributed by atoms with Gasteiger partial charge < -0.3 is 5.32 Å². The molecule has 17 heavy (non-hydrogen) atoms. The van der Waals surface area contributed by atoms with E-state index in [1.807, 2.05) is 6.07 Å². The van der Waals surface area contributed by atoms with Crippen LogP contribution in [-0.2, 0) is 6.42 Å². The zero-order chi connectivity index (χ0) is 11.8. The number of hydrogen-bond donors (Lipinski definition) is 1. The van der Waals surface area contributed by atoms with Crippen LogP contribution in [0.3, 0.4) is 0 Å². The Morgan fingerprint density at radius 1 is 1.47 bits per heavy atom. The lowest BCUT2D eigenvalue weighted by atomic mass is 10.1. The Morgan fingerprint density at radius 3 is 3.12 bits per heavy atom. The first-order chi connectivity index (χ1) is 8.22. The van der Waals surface area contributed by atoms with Crippen molar-refractivity contribution in [2.75, 3.05) is 5.32 Å². The van der Waals surface area contributed by atoms with Crippen LogP contribution >= 0.6 is 22.9 Å². The Labute approximate surface area is 107 Å². The van der Waals surface area contributed by atoms with Crippen LogP contribution in [0.4, 0.5) is 10.1 Å². The van der Waals surface area contributed by atoms with Gasteiger partial charge in [-0.3, -0.25) is 0 Å². The van der Waals surface area contributed by atoms with Crippen molar-refractivity contribution in [2.45, 2.75) is 18.9 Å². The van der Waals surface area contributed by atoms with Crippen molar-refractivity contribution in [1.82, 2.24) is 4.98 Å². The normalized spacial score (nSPS) is 18.1. The van der Waals surface area contributed by atoms with Crippen molar-refractivity contribution in [3.63, 3.8) is 0 Å².